The molecule has 0 aliphatic carbocycles. The van der Waals surface area contributed by atoms with Gasteiger partial charge in [-0.05, 0) is 48.4 Å². The van der Waals surface area contributed by atoms with Crippen LogP contribution in [0.5, 0.6) is 5.75 Å². The fraction of sp³-hybridized carbons (Fsp3) is 0.200. The number of hydrogen-bond acceptors (Lipinski definition) is 4. The van der Waals surface area contributed by atoms with Crippen molar-refractivity contribution < 1.29 is 13.2 Å². The fourth-order valence-corrected chi connectivity index (χ4v) is 3.30. The summed E-state index contributed by atoms with van der Waals surface area (Å²) >= 11 is 0. The van der Waals surface area contributed by atoms with E-state index in [1.807, 2.05) is 0 Å². The molecule has 2 aromatic rings. The molecule has 0 aliphatic heterocycles. The fourth-order valence-electron chi connectivity index (χ4n) is 2.01. The van der Waals surface area contributed by atoms with Crippen LogP contribution in [0, 0.1) is 6.92 Å². The van der Waals surface area contributed by atoms with Crippen molar-refractivity contribution in [1.29, 1.82) is 0 Å². The maximum atomic E-state index is 12.4. The summed E-state index contributed by atoms with van der Waals surface area (Å²) in [4.78, 5) is 0.246. The van der Waals surface area contributed by atoms with Crippen LogP contribution in [0.4, 0.5) is 5.69 Å². The van der Waals surface area contributed by atoms with Crippen LogP contribution < -0.4 is 15.2 Å². The Bertz CT molecular complexity index is 725. The normalized spacial score (nSPS) is 11.2. The highest BCUT2D eigenvalue weighted by Gasteiger charge is 2.17. The molecular weight excluding hydrogens is 288 g/mol. The number of anilines is 1. The highest BCUT2D eigenvalue weighted by molar-refractivity contribution is 7.92. The topological polar surface area (TPSA) is 81.4 Å². The lowest BCUT2D eigenvalue weighted by molar-refractivity contribution is 0.415. The van der Waals surface area contributed by atoms with E-state index in [2.05, 4.69) is 4.72 Å². The Morgan fingerprint density at radius 3 is 2.33 bits per heavy atom. The van der Waals surface area contributed by atoms with Gasteiger partial charge in [-0.25, -0.2) is 8.42 Å². The third-order valence-electron chi connectivity index (χ3n) is 3.11. The SMILES string of the molecule is COc1ccc(NS(=O)(=O)c2ccc(CN)cc2C)cc1. The molecule has 2 rings (SSSR count). The quantitative estimate of drug-likeness (QED) is 0.888. The van der Waals surface area contributed by atoms with Gasteiger partial charge < -0.3 is 10.5 Å². The predicted octanol–water partition coefficient (Wildman–Crippen LogP) is 2.26. The number of sulfonamides is 1. The van der Waals surface area contributed by atoms with Gasteiger partial charge in [0.05, 0.1) is 12.0 Å². The summed E-state index contributed by atoms with van der Waals surface area (Å²) in [5.41, 5.74) is 7.60. The number of nitrogens with one attached hydrogen (secondary N) is 1. The lowest BCUT2D eigenvalue weighted by atomic mass is 10.1. The summed E-state index contributed by atoms with van der Waals surface area (Å²) in [6.45, 7) is 2.13. The van der Waals surface area contributed by atoms with Crippen LogP contribution in [-0.4, -0.2) is 15.5 Å². The molecule has 112 valence electrons. The van der Waals surface area contributed by atoms with Crippen molar-refractivity contribution in [2.24, 2.45) is 5.73 Å². The summed E-state index contributed by atoms with van der Waals surface area (Å²) in [6.07, 6.45) is 0. The van der Waals surface area contributed by atoms with E-state index in [0.29, 0.717) is 23.5 Å². The molecule has 0 aromatic heterocycles. The number of methoxy groups -OCH3 is 1. The van der Waals surface area contributed by atoms with Crippen LogP contribution in [0.3, 0.4) is 0 Å². The largest absolute Gasteiger partial charge is 0.497 e. The van der Waals surface area contributed by atoms with Gasteiger partial charge in [-0.2, -0.15) is 0 Å². The smallest absolute Gasteiger partial charge is 0.262 e. The molecule has 0 aliphatic rings. The molecule has 0 atom stereocenters. The van der Waals surface area contributed by atoms with E-state index >= 15 is 0 Å². The molecule has 0 spiro atoms. The monoisotopic (exact) mass is 306 g/mol. The molecule has 0 saturated heterocycles. The minimum absolute atomic E-state index is 0.246. The van der Waals surface area contributed by atoms with Gasteiger partial charge in [0.2, 0.25) is 0 Å². The molecule has 0 fully saturated rings. The molecule has 0 bridgehead atoms. The zero-order chi connectivity index (χ0) is 15.5. The van der Waals surface area contributed by atoms with Crippen molar-refractivity contribution in [2.45, 2.75) is 18.4 Å². The Morgan fingerprint density at radius 2 is 1.81 bits per heavy atom. The van der Waals surface area contributed by atoms with Crippen molar-refractivity contribution in [2.75, 3.05) is 11.8 Å². The third kappa shape index (κ3) is 3.53. The molecule has 0 unspecified atom stereocenters. The van der Waals surface area contributed by atoms with E-state index in [1.54, 1.807) is 56.5 Å². The highest BCUT2D eigenvalue weighted by Crippen LogP contribution is 2.22. The van der Waals surface area contributed by atoms with E-state index in [-0.39, 0.29) is 4.90 Å². The van der Waals surface area contributed by atoms with Gasteiger partial charge in [-0.1, -0.05) is 12.1 Å². The molecule has 5 nitrogen and oxygen atoms in total. The zero-order valence-electron chi connectivity index (χ0n) is 12.0. The molecule has 2 aromatic carbocycles. The number of benzene rings is 2. The number of nitrogens with two attached hydrogens (primary N) is 1. The van der Waals surface area contributed by atoms with E-state index in [9.17, 15) is 8.42 Å². The second-order valence-electron chi connectivity index (χ2n) is 4.64. The summed E-state index contributed by atoms with van der Waals surface area (Å²) in [7, 11) is -2.06. The van der Waals surface area contributed by atoms with Crippen molar-refractivity contribution >= 4 is 15.7 Å². The van der Waals surface area contributed by atoms with Gasteiger partial charge in [-0.3, -0.25) is 4.72 Å². The molecule has 6 heteroatoms. The first-order valence-corrected chi connectivity index (χ1v) is 7.91. The number of ether oxygens (including phenoxy) is 1. The van der Waals surface area contributed by atoms with Crippen LogP contribution in [0.25, 0.3) is 0 Å². The summed E-state index contributed by atoms with van der Waals surface area (Å²) in [6, 6.07) is 11.8. The lowest BCUT2D eigenvalue weighted by Crippen LogP contribution is -2.14. The standard InChI is InChI=1S/C15H18N2O3S/c1-11-9-12(10-16)3-8-15(11)21(18,19)17-13-4-6-14(20-2)7-5-13/h3-9,17H,10,16H2,1-2H3. The van der Waals surface area contributed by atoms with Crippen LogP contribution >= 0.6 is 0 Å². The van der Waals surface area contributed by atoms with Gasteiger partial charge in [-0.15, -0.1) is 0 Å². The maximum absolute atomic E-state index is 12.4. The Kier molecular flexibility index (Phi) is 4.50. The van der Waals surface area contributed by atoms with Crippen LogP contribution in [0.15, 0.2) is 47.4 Å². The Balaban J connectivity index is 2.29. The first kappa shape index (κ1) is 15.3. The number of aryl methyl sites for hydroxylation is 1. The number of hydrogen-bond donors (Lipinski definition) is 2. The molecule has 0 amide bonds. The molecular formula is C15H18N2O3S. The first-order chi connectivity index (χ1) is 9.96. The Hall–Kier alpha value is -2.05. The Morgan fingerprint density at radius 1 is 1.14 bits per heavy atom. The van der Waals surface area contributed by atoms with Crippen molar-refractivity contribution in [3.63, 3.8) is 0 Å². The van der Waals surface area contributed by atoms with Gasteiger partial charge in [0, 0.05) is 12.2 Å². The molecule has 0 heterocycles. The van der Waals surface area contributed by atoms with Crippen molar-refractivity contribution in [1.82, 2.24) is 0 Å². The third-order valence-corrected chi connectivity index (χ3v) is 4.65. The average molecular weight is 306 g/mol. The van der Waals surface area contributed by atoms with Gasteiger partial charge >= 0.3 is 0 Å². The van der Waals surface area contributed by atoms with Crippen LogP contribution in [-0.2, 0) is 16.6 Å². The summed E-state index contributed by atoms with van der Waals surface area (Å²) in [5, 5.41) is 0. The second kappa shape index (κ2) is 6.15. The first-order valence-electron chi connectivity index (χ1n) is 6.43. The summed E-state index contributed by atoms with van der Waals surface area (Å²) in [5.74, 6) is 0.668. The van der Waals surface area contributed by atoms with E-state index in [0.717, 1.165) is 5.56 Å². The van der Waals surface area contributed by atoms with Crippen molar-refractivity contribution in [3.8, 4) is 5.75 Å². The van der Waals surface area contributed by atoms with Gasteiger partial charge in [0.1, 0.15) is 5.75 Å². The number of rotatable bonds is 5. The molecule has 3 N–H and O–H groups in total. The molecule has 0 saturated carbocycles. The summed E-state index contributed by atoms with van der Waals surface area (Å²) < 4.78 is 32.4. The predicted molar refractivity (Wildman–Crippen MR) is 82.9 cm³/mol. The maximum Gasteiger partial charge on any atom is 0.262 e. The molecule has 0 radical (unpaired) electrons. The minimum atomic E-state index is -3.62. The van der Waals surface area contributed by atoms with Crippen LogP contribution in [0.1, 0.15) is 11.1 Å². The van der Waals surface area contributed by atoms with Crippen LogP contribution in [0.2, 0.25) is 0 Å². The lowest BCUT2D eigenvalue weighted by Gasteiger charge is -2.11. The van der Waals surface area contributed by atoms with Gasteiger partial charge in [0.15, 0.2) is 0 Å². The van der Waals surface area contributed by atoms with Crippen molar-refractivity contribution in [3.05, 3.63) is 53.6 Å². The second-order valence-corrected chi connectivity index (χ2v) is 6.29. The van der Waals surface area contributed by atoms with Gasteiger partial charge in [0.25, 0.3) is 10.0 Å². The highest BCUT2D eigenvalue weighted by atomic mass is 32.2. The average Bonchev–Trinajstić information content (AvgIpc) is 2.47. The van der Waals surface area contributed by atoms with E-state index in [4.69, 9.17) is 10.5 Å². The molecule has 21 heavy (non-hydrogen) atoms. The minimum Gasteiger partial charge on any atom is -0.497 e. The van der Waals surface area contributed by atoms with E-state index < -0.39 is 10.0 Å². The Labute approximate surface area is 124 Å². The van der Waals surface area contributed by atoms with E-state index in [1.165, 1.54) is 0 Å². The zero-order valence-corrected chi connectivity index (χ0v) is 12.8.